The first-order chi connectivity index (χ1) is 10.1. The van der Waals surface area contributed by atoms with Gasteiger partial charge in [0, 0.05) is 16.2 Å². The van der Waals surface area contributed by atoms with Gasteiger partial charge in [-0.1, -0.05) is 39.7 Å². The fourth-order valence-electron chi connectivity index (χ4n) is 1.72. The third kappa shape index (κ3) is 4.65. The Labute approximate surface area is 136 Å². The lowest BCUT2D eigenvalue weighted by Crippen LogP contribution is -2.21. The maximum atomic E-state index is 11.9. The van der Waals surface area contributed by atoms with Crippen molar-refractivity contribution in [2.24, 2.45) is 0 Å². The topological polar surface area (TPSA) is 50.4 Å². The second-order valence-corrected chi connectivity index (χ2v) is 5.58. The highest BCUT2D eigenvalue weighted by molar-refractivity contribution is 9.10. The van der Waals surface area contributed by atoms with Gasteiger partial charge in [-0.15, -0.1) is 0 Å². The number of ether oxygens (including phenoxy) is 1. The van der Waals surface area contributed by atoms with Crippen molar-refractivity contribution in [2.75, 3.05) is 24.3 Å². The number of carbonyl (C=O) groups excluding carboxylic acids is 1. The predicted molar refractivity (Wildman–Crippen MR) is 89.3 cm³/mol. The van der Waals surface area contributed by atoms with Crippen molar-refractivity contribution in [1.29, 1.82) is 0 Å². The van der Waals surface area contributed by atoms with E-state index in [1.54, 1.807) is 19.2 Å². The Morgan fingerprint density at radius 1 is 1.29 bits per heavy atom. The summed E-state index contributed by atoms with van der Waals surface area (Å²) in [5.74, 6) is 0.528. The summed E-state index contributed by atoms with van der Waals surface area (Å²) in [6.45, 7) is 0.130. The first kappa shape index (κ1) is 15.7. The van der Waals surface area contributed by atoms with E-state index >= 15 is 0 Å². The van der Waals surface area contributed by atoms with Crippen LogP contribution in [0.15, 0.2) is 46.9 Å². The van der Waals surface area contributed by atoms with Gasteiger partial charge in [0.15, 0.2) is 0 Å². The lowest BCUT2D eigenvalue weighted by atomic mass is 10.3. The number of para-hydroxylation sites is 1. The molecule has 0 unspecified atom stereocenters. The number of rotatable bonds is 5. The Hall–Kier alpha value is -1.72. The first-order valence-corrected chi connectivity index (χ1v) is 7.38. The standard InChI is InChI=1S/C15H14BrClN2O2/c1-21-12-7-10(16)6-11(8-12)18-9-15(20)19-14-5-3-2-4-13(14)17/h2-8,18H,9H2,1H3,(H,19,20). The highest BCUT2D eigenvalue weighted by Crippen LogP contribution is 2.24. The smallest absolute Gasteiger partial charge is 0.243 e. The van der Waals surface area contributed by atoms with E-state index < -0.39 is 0 Å². The molecule has 2 aromatic rings. The minimum atomic E-state index is -0.179. The van der Waals surface area contributed by atoms with Crippen LogP contribution in [-0.4, -0.2) is 19.6 Å². The number of benzene rings is 2. The molecule has 0 aliphatic rings. The first-order valence-electron chi connectivity index (χ1n) is 6.21. The molecule has 2 N–H and O–H groups in total. The van der Waals surface area contributed by atoms with E-state index in [2.05, 4.69) is 26.6 Å². The summed E-state index contributed by atoms with van der Waals surface area (Å²) in [5, 5.41) is 6.29. The summed E-state index contributed by atoms with van der Waals surface area (Å²) in [6.07, 6.45) is 0. The number of methoxy groups -OCH3 is 1. The van der Waals surface area contributed by atoms with Crippen LogP contribution < -0.4 is 15.4 Å². The van der Waals surface area contributed by atoms with E-state index in [0.29, 0.717) is 16.5 Å². The summed E-state index contributed by atoms with van der Waals surface area (Å²) in [6, 6.07) is 12.6. The molecule has 0 atom stereocenters. The van der Waals surface area contributed by atoms with Gasteiger partial charge in [0.25, 0.3) is 0 Å². The Morgan fingerprint density at radius 2 is 2.05 bits per heavy atom. The van der Waals surface area contributed by atoms with Gasteiger partial charge in [-0.25, -0.2) is 0 Å². The summed E-state index contributed by atoms with van der Waals surface area (Å²) in [5.41, 5.74) is 1.38. The summed E-state index contributed by atoms with van der Waals surface area (Å²) >= 11 is 9.37. The third-order valence-corrected chi connectivity index (χ3v) is 3.50. The zero-order valence-corrected chi connectivity index (χ0v) is 13.7. The Morgan fingerprint density at radius 3 is 2.76 bits per heavy atom. The Bertz CT molecular complexity index is 649. The second kappa shape index (κ2) is 7.33. The van der Waals surface area contributed by atoms with E-state index in [1.165, 1.54) is 0 Å². The van der Waals surface area contributed by atoms with Gasteiger partial charge < -0.3 is 15.4 Å². The molecule has 0 aliphatic carbocycles. The Balaban J connectivity index is 1.95. The van der Waals surface area contributed by atoms with Gasteiger partial charge in [-0.05, 0) is 24.3 Å². The fourth-order valence-corrected chi connectivity index (χ4v) is 2.38. The molecule has 6 heteroatoms. The van der Waals surface area contributed by atoms with E-state index in [4.69, 9.17) is 16.3 Å². The molecule has 2 rings (SSSR count). The van der Waals surface area contributed by atoms with Crippen LogP contribution in [0.1, 0.15) is 0 Å². The zero-order valence-electron chi connectivity index (χ0n) is 11.3. The van der Waals surface area contributed by atoms with E-state index in [1.807, 2.05) is 30.3 Å². The minimum Gasteiger partial charge on any atom is -0.497 e. The lowest BCUT2D eigenvalue weighted by Gasteiger charge is -2.10. The molecule has 4 nitrogen and oxygen atoms in total. The minimum absolute atomic E-state index is 0.130. The van der Waals surface area contributed by atoms with Crippen molar-refractivity contribution < 1.29 is 9.53 Å². The number of hydrogen-bond acceptors (Lipinski definition) is 3. The maximum absolute atomic E-state index is 11.9. The van der Waals surface area contributed by atoms with Gasteiger partial charge in [-0.3, -0.25) is 4.79 Å². The number of halogens is 2. The zero-order chi connectivity index (χ0) is 15.2. The van der Waals surface area contributed by atoms with Crippen LogP contribution in [-0.2, 0) is 4.79 Å². The van der Waals surface area contributed by atoms with Crippen LogP contribution >= 0.6 is 27.5 Å². The quantitative estimate of drug-likeness (QED) is 0.832. The molecule has 0 spiro atoms. The number of hydrogen-bond donors (Lipinski definition) is 2. The number of carbonyl (C=O) groups is 1. The highest BCUT2D eigenvalue weighted by atomic mass is 79.9. The molecule has 1 amide bonds. The number of nitrogens with one attached hydrogen (secondary N) is 2. The SMILES string of the molecule is COc1cc(Br)cc(NCC(=O)Nc2ccccc2Cl)c1. The molecule has 0 saturated heterocycles. The normalized spacial score (nSPS) is 10.0. The van der Waals surface area contributed by atoms with Crippen molar-refractivity contribution >= 4 is 44.8 Å². The lowest BCUT2D eigenvalue weighted by molar-refractivity contribution is -0.114. The van der Waals surface area contributed by atoms with Crippen LogP contribution in [0.4, 0.5) is 11.4 Å². The molecule has 0 aromatic heterocycles. The van der Waals surface area contributed by atoms with Gasteiger partial charge in [-0.2, -0.15) is 0 Å². The third-order valence-electron chi connectivity index (χ3n) is 2.71. The highest BCUT2D eigenvalue weighted by Gasteiger charge is 2.06. The predicted octanol–water partition coefficient (Wildman–Crippen LogP) is 4.16. The molecule has 0 bridgehead atoms. The molecule has 0 radical (unpaired) electrons. The van der Waals surface area contributed by atoms with Gasteiger partial charge in [0.1, 0.15) is 5.75 Å². The molecule has 21 heavy (non-hydrogen) atoms. The van der Waals surface area contributed by atoms with Crippen LogP contribution in [0, 0.1) is 0 Å². The maximum Gasteiger partial charge on any atom is 0.243 e. The average Bonchev–Trinajstić information content (AvgIpc) is 2.47. The van der Waals surface area contributed by atoms with E-state index in [0.717, 1.165) is 10.2 Å². The monoisotopic (exact) mass is 368 g/mol. The summed E-state index contributed by atoms with van der Waals surface area (Å²) in [4.78, 5) is 11.9. The van der Waals surface area contributed by atoms with Crippen LogP contribution in [0.5, 0.6) is 5.75 Å². The molecule has 110 valence electrons. The summed E-state index contributed by atoms with van der Waals surface area (Å²) < 4.78 is 6.04. The van der Waals surface area contributed by atoms with Crippen molar-refractivity contribution in [3.8, 4) is 5.75 Å². The largest absolute Gasteiger partial charge is 0.497 e. The van der Waals surface area contributed by atoms with Crippen molar-refractivity contribution in [2.45, 2.75) is 0 Å². The van der Waals surface area contributed by atoms with Crippen molar-refractivity contribution in [3.63, 3.8) is 0 Å². The molecule has 2 aromatic carbocycles. The van der Waals surface area contributed by atoms with Gasteiger partial charge in [0.05, 0.1) is 24.4 Å². The van der Waals surface area contributed by atoms with E-state index in [-0.39, 0.29) is 12.5 Å². The fraction of sp³-hybridized carbons (Fsp3) is 0.133. The second-order valence-electron chi connectivity index (χ2n) is 4.26. The summed E-state index contributed by atoms with van der Waals surface area (Å²) in [7, 11) is 1.59. The van der Waals surface area contributed by atoms with Crippen LogP contribution in [0.25, 0.3) is 0 Å². The van der Waals surface area contributed by atoms with Crippen molar-refractivity contribution in [3.05, 3.63) is 52.0 Å². The molecular weight excluding hydrogens is 356 g/mol. The van der Waals surface area contributed by atoms with Gasteiger partial charge >= 0.3 is 0 Å². The molecule has 0 aliphatic heterocycles. The number of anilines is 2. The molecular formula is C15H14BrClN2O2. The average molecular weight is 370 g/mol. The Kier molecular flexibility index (Phi) is 5.47. The molecule has 0 saturated carbocycles. The molecule has 0 heterocycles. The van der Waals surface area contributed by atoms with Gasteiger partial charge in [0.2, 0.25) is 5.91 Å². The molecule has 0 fully saturated rings. The van der Waals surface area contributed by atoms with E-state index in [9.17, 15) is 4.79 Å². The van der Waals surface area contributed by atoms with Crippen molar-refractivity contribution in [1.82, 2.24) is 0 Å². The van der Waals surface area contributed by atoms with Crippen LogP contribution in [0.2, 0.25) is 5.02 Å². The number of amides is 1. The van der Waals surface area contributed by atoms with Crippen LogP contribution in [0.3, 0.4) is 0 Å².